The summed E-state index contributed by atoms with van der Waals surface area (Å²) in [6.07, 6.45) is 2.12. The Balaban J connectivity index is 1.62. The zero-order valence-electron chi connectivity index (χ0n) is 16.3. The molecule has 2 N–H and O–H groups in total. The SMILES string of the molecule is CNc1ncnc2c1ncn2C[C@@H](COC)OCP(=O)(O)OCc1ccccc1. The lowest BCUT2D eigenvalue weighted by Gasteiger charge is -2.20. The van der Waals surface area contributed by atoms with Gasteiger partial charge < -0.3 is 28.8 Å². The van der Waals surface area contributed by atoms with Gasteiger partial charge in [-0.05, 0) is 5.56 Å². The summed E-state index contributed by atoms with van der Waals surface area (Å²) in [6, 6.07) is 9.18. The van der Waals surface area contributed by atoms with Gasteiger partial charge in [0.1, 0.15) is 18.2 Å². The molecule has 10 nitrogen and oxygen atoms in total. The van der Waals surface area contributed by atoms with Crippen molar-refractivity contribution in [2.75, 3.05) is 32.4 Å². The fourth-order valence-corrected chi connectivity index (χ4v) is 3.57. The summed E-state index contributed by atoms with van der Waals surface area (Å²) < 4.78 is 30.1. The van der Waals surface area contributed by atoms with Gasteiger partial charge in [0.25, 0.3) is 0 Å². The number of hydrogen-bond donors (Lipinski definition) is 2. The highest BCUT2D eigenvalue weighted by atomic mass is 31.2. The molecule has 3 rings (SSSR count). The van der Waals surface area contributed by atoms with Gasteiger partial charge in [0.15, 0.2) is 11.5 Å². The molecule has 0 aliphatic heterocycles. The number of methoxy groups -OCH3 is 1. The van der Waals surface area contributed by atoms with E-state index >= 15 is 0 Å². The first kappa shape index (κ1) is 21.4. The van der Waals surface area contributed by atoms with Crippen molar-refractivity contribution in [3.05, 3.63) is 48.5 Å². The minimum Gasteiger partial charge on any atom is -0.382 e. The van der Waals surface area contributed by atoms with Crippen LogP contribution in [0.25, 0.3) is 11.2 Å². The molecule has 0 saturated heterocycles. The molecule has 2 heterocycles. The maximum atomic E-state index is 12.3. The molecule has 0 fully saturated rings. The van der Waals surface area contributed by atoms with Crippen LogP contribution in [0.15, 0.2) is 43.0 Å². The van der Waals surface area contributed by atoms with E-state index in [-0.39, 0.29) is 13.2 Å². The molecule has 0 bridgehead atoms. The number of benzene rings is 1. The van der Waals surface area contributed by atoms with E-state index in [0.29, 0.717) is 23.5 Å². The molecular formula is C18H24N5O5P. The van der Waals surface area contributed by atoms with Gasteiger partial charge >= 0.3 is 7.60 Å². The van der Waals surface area contributed by atoms with Gasteiger partial charge in [0.2, 0.25) is 0 Å². The van der Waals surface area contributed by atoms with Crippen molar-refractivity contribution < 1.29 is 23.5 Å². The van der Waals surface area contributed by atoms with Crippen LogP contribution in [-0.2, 0) is 31.7 Å². The highest BCUT2D eigenvalue weighted by molar-refractivity contribution is 7.52. The summed E-state index contributed by atoms with van der Waals surface area (Å²) in [5.41, 5.74) is 2.06. The van der Waals surface area contributed by atoms with Crippen molar-refractivity contribution in [1.82, 2.24) is 19.5 Å². The zero-order valence-corrected chi connectivity index (χ0v) is 17.2. The number of nitrogens with zero attached hydrogens (tertiary/aromatic N) is 4. The van der Waals surface area contributed by atoms with E-state index in [1.807, 2.05) is 30.3 Å². The highest BCUT2D eigenvalue weighted by Gasteiger charge is 2.23. The number of aromatic nitrogens is 4. The van der Waals surface area contributed by atoms with Crippen LogP contribution in [0.5, 0.6) is 0 Å². The molecule has 2 atom stereocenters. The number of hydrogen-bond acceptors (Lipinski definition) is 8. The molecule has 0 amide bonds. The van der Waals surface area contributed by atoms with E-state index in [2.05, 4.69) is 20.3 Å². The van der Waals surface area contributed by atoms with Crippen LogP contribution in [0.3, 0.4) is 0 Å². The third-order valence-corrected chi connectivity index (χ3v) is 5.15. The monoisotopic (exact) mass is 421 g/mol. The van der Waals surface area contributed by atoms with Gasteiger partial charge in [-0.25, -0.2) is 15.0 Å². The van der Waals surface area contributed by atoms with E-state index < -0.39 is 20.0 Å². The molecule has 1 aromatic carbocycles. The van der Waals surface area contributed by atoms with Gasteiger partial charge in [-0.1, -0.05) is 30.3 Å². The van der Waals surface area contributed by atoms with Gasteiger partial charge in [0, 0.05) is 14.2 Å². The molecule has 156 valence electrons. The molecule has 1 unspecified atom stereocenters. The van der Waals surface area contributed by atoms with Crippen LogP contribution in [0, 0.1) is 0 Å². The summed E-state index contributed by atoms with van der Waals surface area (Å²) in [6.45, 7) is 0.592. The summed E-state index contributed by atoms with van der Waals surface area (Å²) in [4.78, 5) is 22.8. The van der Waals surface area contributed by atoms with E-state index in [4.69, 9.17) is 14.0 Å². The second-order valence-corrected chi connectivity index (χ2v) is 8.10. The van der Waals surface area contributed by atoms with Crippen molar-refractivity contribution in [1.29, 1.82) is 0 Å². The topological polar surface area (TPSA) is 121 Å². The van der Waals surface area contributed by atoms with Crippen molar-refractivity contribution >= 4 is 24.6 Å². The summed E-state index contributed by atoms with van der Waals surface area (Å²) in [5, 5.41) is 2.96. The van der Waals surface area contributed by atoms with Gasteiger partial charge in [-0.15, -0.1) is 0 Å². The van der Waals surface area contributed by atoms with Gasteiger partial charge in [0.05, 0.1) is 32.2 Å². The quantitative estimate of drug-likeness (QED) is 0.449. The maximum absolute atomic E-state index is 12.3. The maximum Gasteiger partial charge on any atom is 0.353 e. The first-order chi connectivity index (χ1) is 14.0. The summed E-state index contributed by atoms with van der Waals surface area (Å²) in [5.74, 6) is 0.618. The molecule has 2 aromatic heterocycles. The molecular weight excluding hydrogens is 397 g/mol. The Hall–Kier alpha value is -2.36. The average Bonchev–Trinajstić information content (AvgIpc) is 3.14. The summed E-state index contributed by atoms with van der Waals surface area (Å²) in [7, 11) is -0.633. The van der Waals surface area contributed by atoms with Crippen LogP contribution in [0.4, 0.5) is 5.82 Å². The second kappa shape index (κ2) is 9.91. The minimum absolute atomic E-state index is 0.0306. The van der Waals surface area contributed by atoms with Crippen molar-refractivity contribution in [3.8, 4) is 0 Å². The third kappa shape index (κ3) is 5.81. The molecule has 0 spiro atoms. The number of ether oxygens (including phenoxy) is 2. The summed E-state index contributed by atoms with van der Waals surface area (Å²) >= 11 is 0. The number of anilines is 1. The Kier molecular flexibility index (Phi) is 7.29. The Morgan fingerprint density at radius 2 is 2.03 bits per heavy atom. The second-order valence-electron chi connectivity index (χ2n) is 6.31. The van der Waals surface area contributed by atoms with Crippen molar-refractivity contribution in [2.45, 2.75) is 19.3 Å². The number of fused-ring (bicyclic) bond motifs is 1. The Bertz CT molecular complexity index is 968. The molecule has 0 saturated carbocycles. The molecule has 0 radical (unpaired) electrons. The Morgan fingerprint density at radius 1 is 1.24 bits per heavy atom. The Morgan fingerprint density at radius 3 is 2.76 bits per heavy atom. The fourth-order valence-electron chi connectivity index (χ4n) is 2.74. The standard InChI is InChI=1S/C18H24N5O5P/c1-19-17-16-18(21-11-20-17)23(12-22-16)8-15(10-26-2)27-13-29(24,25)28-9-14-6-4-3-5-7-14/h3-7,11-12,15H,8-10,13H2,1-2H3,(H,24,25)(H,19,20,21)/t15-/m0/s1. The number of rotatable bonds is 11. The Labute approximate surface area is 168 Å². The lowest BCUT2D eigenvalue weighted by Crippen LogP contribution is -2.25. The predicted octanol–water partition coefficient (Wildman–Crippen LogP) is 2.26. The fraction of sp³-hybridized carbons (Fsp3) is 0.389. The van der Waals surface area contributed by atoms with Crippen LogP contribution < -0.4 is 5.32 Å². The molecule has 11 heteroatoms. The smallest absolute Gasteiger partial charge is 0.353 e. The van der Waals surface area contributed by atoms with E-state index in [9.17, 15) is 9.46 Å². The van der Waals surface area contributed by atoms with E-state index in [0.717, 1.165) is 5.56 Å². The molecule has 0 aliphatic carbocycles. The van der Waals surface area contributed by atoms with E-state index in [1.165, 1.54) is 13.4 Å². The predicted molar refractivity (Wildman–Crippen MR) is 108 cm³/mol. The number of imidazole rings is 1. The average molecular weight is 421 g/mol. The van der Waals surface area contributed by atoms with Crippen LogP contribution in [-0.4, -0.2) is 57.6 Å². The molecule has 29 heavy (non-hydrogen) atoms. The first-order valence-corrected chi connectivity index (χ1v) is 10.7. The van der Waals surface area contributed by atoms with Crippen LogP contribution in [0.2, 0.25) is 0 Å². The minimum atomic E-state index is -3.92. The zero-order chi connectivity index (χ0) is 20.7. The largest absolute Gasteiger partial charge is 0.382 e. The highest BCUT2D eigenvalue weighted by Crippen LogP contribution is 2.43. The number of nitrogens with one attached hydrogen (secondary N) is 1. The van der Waals surface area contributed by atoms with Crippen LogP contribution in [0.1, 0.15) is 5.56 Å². The molecule has 3 aromatic rings. The van der Waals surface area contributed by atoms with Crippen molar-refractivity contribution in [2.24, 2.45) is 0 Å². The van der Waals surface area contributed by atoms with E-state index in [1.54, 1.807) is 17.9 Å². The molecule has 0 aliphatic rings. The normalized spacial score (nSPS) is 14.6. The third-order valence-electron chi connectivity index (χ3n) is 4.14. The van der Waals surface area contributed by atoms with Crippen molar-refractivity contribution in [3.63, 3.8) is 0 Å². The van der Waals surface area contributed by atoms with Crippen LogP contribution >= 0.6 is 7.60 Å². The lowest BCUT2D eigenvalue weighted by molar-refractivity contribution is 0.00222. The lowest BCUT2D eigenvalue weighted by atomic mass is 10.2. The van der Waals surface area contributed by atoms with Gasteiger partial charge in [-0.3, -0.25) is 4.57 Å². The van der Waals surface area contributed by atoms with Gasteiger partial charge in [-0.2, -0.15) is 0 Å². The first-order valence-electron chi connectivity index (χ1n) is 8.97.